The molecule has 2 rings (SSSR count). The van der Waals surface area contributed by atoms with Gasteiger partial charge in [0, 0.05) is 4.47 Å². The van der Waals surface area contributed by atoms with Crippen LogP contribution in [0.1, 0.15) is 12.5 Å². The molecular weight excluding hydrogens is 332 g/mol. The first-order valence-corrected chi connectivity index (χ1v) is 7.21. The highest BCUT2D eigenvalue weighted by Gasteiger charge is 2.02. The fourth-order valence-electron chi connectivity index (χ4n) is 1.60. The molecule has 2 aromatic rings. The van der Waals surface area contributed by atoms with Crippen LogP contribution in [0, 0.1) is 0 Å². The maximum absolute atomic E-state index is 11.7. The second-order valence-electron chi connectivity index (χ2n) is 4.34. The second kappa shape index (κ2) is 7.59. The van der Waals surface area contributed by atoms with E-state index in [1.165, 1.54) is 0 Å². The minimum Gasteiger partial charge on any atom is -0.484 e. The SMILES string of the molecule is C/C(=N\NC(=O)COc1ccc(Br)cc1)c1ccccc1. The molecule has 0 radical (unpaired) electrons. The third-order valence-corrected chi connectivity index (χ3v) is 3.25. The lowest BCUT2D eigenvalue weighted by Gasteiger charge is -2.06. The number of halogens is 1. The van der Waals surface area contributed by atoms with Crippen molar-refractivity contribution in [3.63, 3.8) is 0 Å². The molecule has 0 saturated carbocycles. The monoisotopic (exact) mass is 346 g/mol. The van der Waals surface area contributed by atoms with Gasteiger partial charge in [-0.05, 0) is 36.8 Å². The van der Waals surface area contributed by atoms with E-state index in [4.69, 9.17) is 4.74 Å². The summed E-state index contributed by atoms with van der Waals surface area (Å²) in [6.07, 6.45) is 0. The van der Waals surface area contributed by atoms with Crippen LogP contribution in [0.2, 0.25) is 0 Å². The van der Waals surface area contributed by atoms with Crippen LogP contribution in [0.25, 0.3) is 0 Å². The third-order valence-electron chi connectivity index (χ3n) is 2.72. The molecule has 21 heavy (non-hydrogen) atoms. The molecule has 1 amide bonds. The minimum absolute atomic E-state index is 0.0762. The predicted octanol–water partition coefficient (Wildman–Crippen LogP) is 3.37. The zero-order valence-corrected chi connectivity index (χ0v) is 13.1. The Morgan fingerprint density at radius 1 is 1.14 bits per heavy atom. The molecule has 0 aliphatic rings. The number of nitrogens with one attached hydrogen (secondary N) is 1. The number of amides is 1. The quantitative estimate of drug-likeness (QED) is 0.666. The van der Waals surface area contributed by atoms with Gasteiger partial charge in [-0.15, -0.1) is 0 Å². The van der Waals surface area contributed by atoms with E-state index in [9.17, 15) is 4.79 Å². The summed E-state index contributed by atoms with van der Waals surface area (Å²) in [5.74, 6) is 0.338. The van der Waals surface area contributed by atoms with Crippen LogP contribution in [-0.2, 0) is 4.79 Å². The number of benzene rings is 2. The molecular formula is C16H15BrN2O2. The van der Waals surface area contributed by atoms with Crippen molar-refractivity contribution < 1.29 is 9.53 Å². The molecule has 5 heteroatoms. The Labute approximate surface area is 132 Å². The van der Waals surface area contributed by atoms with E-state index < -0.39 is 0 Å². The van der Waals surface area contributed by atoms with Gasteiger partial charge in [0.1, 0.15) is 5.75 Å². The third kappa shape index (κ3) is 5.04. The van der Waals surface area contributed by atoms with Crippen molar-refractivity contribution in [2.75, 3.05) is 6.61 Å². The van der Waals surface area contributed by atoms with E-state index in [0.29, 0.717) is 5.75 Å². The van der Waals surface area contributed by atoms with Crippen LogP contribution >= 0.6 is 15.9 Å². The smallest absolute Gasteiger partial charge is 0.277 e. The average molecular weight is 347 g/mol. The first kappa shape index (κ1) is 15.3. The molecule has 0 aliphatic heterocycles. The summed E-state index contributed by atoms with van der Waals surface area (Å²) < 4.78 is 6.32. The summed E-state index contributed by atoms with van der Waals surface area (Å²) in [6, 6.07) is 16.9. The molecule has 0 unspecified atom stereocenters. The molecule has 0 saturated heterocycles. The highest BCUT2D eigenvalue weighted by Crippen LogP contribution is 2.15. The van der Waals surface area contributed by atoms with Crippen molar-refractivity contribution in [2.24, 2.45) is 5.10 Å². The van der Waals surface area contributed by atoms with Gasteiger partial charge in [0.15, 0.2) is 6.61 Å². The summed E-state index contributed by atoms with van der Waals surface area (Å²) in [7, 11) is 0. The molecule has 1 N–H and O–H groups in total. The van der Waals surface area contributed by atoms with Crippen LogP contribution < -0.4 is 10.2 Å². The van der Waals surface area contributed by atoms with E-state index >= 15 is 0 Å². The topological polar surface area (TPSA) is 50.7 Å². The average Bonchev–Trinajstić information content (AvgIpc) is 2.53. The summed E-state index contributed by atoms with van der Waals surface area (Å²) >= 11 is 3.34. The number of hydrazone groups is 1. The zero-order valence-electron chi connectivity index (χ0n) is 11.5. The normalized spacial score (nSPS) is 11.0. The Hall–Kier alpha value is -2.14. The number of carbonyl (C=O) groups is 1. The van der Waals surface area contributed by atoms with Crippen molar-refractivity contribution in [2.45, 2.75) is 6.92 Å². The molecule has 0 spiro atoms. The van der Waals surface area contributed by atoms with Gasteiger partial charge in [0.25, 0.3) is 5.91 Å². The molecule has 108 valence electrons. The maximum atomic E-state index is 11.7. The number of rotatable bonds is 5. The van der Waals surface area contributed by atoms with Gasteiger partial charge < -0.3 is 4.74 Å². The lowest BCUT2D eigenvalue weighted by molar-refractivity contribution is -0.123. The zero-order chi connectivity index (χ0) is 15.1. The standard InChI is InChI=1S/C16H15BrN2O2/c1-12(13-5-3-2-4-6-13)18-19-16(20)11-21-15-9-7-14(17)8-10-15/h2-10H,11H2,1H3,(H,19,20)/b18-12+. The second-order valence-corrected chi connectivity index (χ2v) is 5.26. The molecule has 0 bridgehead atoms. The fraction of sp³-hybridized carbons (Fsp3) is 0.125. The van der Waals surface area contributed by atoms with E-state index in [2.05, 4.69) is 26.5 Å². The number of carbonyl (C=O) groups excluding carboxylic acids is 1. The summed E-state index contributed by atoms with van der Waals surface area (Å²) in [4.78, 5) is 11.7. The Morgan fingerprint density at radius 3 is 2.48 bits per heavy atom. The molecule has 0 aliphatic carbocycles. The molecule has 0 heterocycles. The Morgan fingerprint density at radius 2 is 1.81 bits per heavy atom. The van der Waals surface area contributed by atoms with Crippen LogP contribution in [0.4, 0.5) is 0 Å². The van der Waals surface area contributed by atoms with Crippen LogP contribution in [0.5, 0.6) is 5.75 Å². The summed E-state index contributed by atoms with van der Waals surface area (Å²) in [5.41, 5.74) is 4.18. The molecule has 0 fully saturated rings. The number of hydrogen-bond donors (Lipinski definition) is 1. The van der Waals surface area contributed by atoms with E-state index in [-0.39, 0.29) is 12.5 Å². The largest absolute Gasteiger partial charge is 0.484 e. The number of hydrogen-bond acceptors (Lipinski definition) is 3. The van der Waals surface area contributed by atoms with Gasteiger partial charge in [0.2, 0.25) is 0 Å². The van der Waals surface area contributed by atoms with Gasteiger partial charge >= 0.3 is 0 Å². The van der Waals surface area contributed by atoms with Gasteiger partial charge in [-0.2, -0.15) is 5.10 Å². The minimum atomic E-state index is -0.298. The first-order chi connectivity index (χ1) is 10.1. The molecule has 4 nitrogen and oxygen atoms in total. The lowest BCUT2D eigenvalue weighted by Crippen LogP contribution is -2.25. The Balaban J connectivity index is 1.83. The van der Waals surface area contributed by atoms with Gasteiger partial charge in [0.05, 0.1) is 5.71 Å². The van der Waals surface area contributed by atoms with Crippen LogP contribution in [0.15, 0.2) is 64.2 Å². The van der Waals surface area contributed by atoms with E-state index in [1.54, 1.807) is 12.1 Å². The molecule has 0 atom stereocenters. The predicted molar refractivity (Wildman–Crippen MR) is 86.4 cm³/mol. The van der Waals surface area contributed by atoms with Crippen LogP contribution in [0.3, 0.4) is 0 Å². The highest BCUT2D eigenvalue weighted by molar-refractivity contribution is 9.10. The van der Waals surface area contributed by atoms with Gasteiger partial charge in [-0.25, -0.2) is 5.43 Å². The Kier molecular flexibility index (Phi) is 5.51. The highest BCUT2D eigenvalue weighted by atomic mass is 79.9. The van der Waals surface area contributed by atoms with Gasteiger partial charge in [-0.3, -0.25) is 4.79 Å². The van der Waals surface area contributed by atoms with Crippen molar-refractivity contribution in [1.29, 1.82) is 0 Å². The summed E-state index contributed by atoms with van der Waals surface area (Å²) in [6.45, 7) is 1.76. The van der Waals surface area contributed by atoms with Crippen molar-refractivity contribution in [3.05, 3.63) is 64.6 Å². The van der Waals surface area contributed by atoms with Crippen molar-refractivity contribution in [3.8, 4) is 5.75 Å². The van der Waals surface area contributed by atoms with Crippen molar-refractivity contribution in [1.82, 2.24) is 5.43 Å². The summed E-state index contributed by atoms with van der Waals surface area (Å²) in [5, 5.41) is 4.05. The van der Waals surface area contributed by atoms with Crippen LogP contribution in [-0.4, -0.2) is 18.2 Å². The molecule has 0 aromatic heterocycles. The van der Waals surface area contributed by atoms with Crippen molar-refractivity contribution >= 4 is 27.5 Å². The Bertz CT molecular complexity index is 624. The maximum Gasteiger partial charge on any atom is 0.277 e. The van der Waals surface area contributed by atoms with Gasteiger partial charge in [-0.1, -0.05) is 46.3 Å². The first-order valence-electron chi connectivity index (χ1n) is 6.42. The lowest BCUT2D eigenvalue weighted by atomic mass is 10.1. The number of ether oxygens (including phenoxy) is 1. The fourth-order valence-corrected chi connectivity index (χ4v) is 1.87. The van der Waals surface area contributed by atoms with E-state index in [0.717, 1.165) is 15.7 Å². The van der Waals surface area contributed by atoms with E-state index in [1.807, 2.05) is 49.4 Å². The number of nitrogens with zero attached hydrogens (tertiary/aromatic N) is 1. The molecule has 2 aromatic carbocycles.